The highest BCUT2D eigenvalue weighted by atomic mass is 32.1. The Hall–Kier alpha value is -0.650. The Morgan fingerprint density at radius 3 is 2.41 bits per heavy atom. The highest BCUT2D eigenvalue weighted by Gasteiger charge is 2.20. The van der Waals surface area contributed by atoms with Crippen LogP contribution in [0.2, 0.25) is 0 Å². The van der Waals surface area contributed by atoms with Gasteiger partial charge in [0, 0.05) is 26.2 Å². The van der Waals surface area contributed by atoms with Crippen LogP contribution in [0.15, 0.2) is 0 Å². The molecule has 0 unspecified atom stereocenters. The molecule has 1 aromatic rings. The van der Waals surface area contributed by atoms with Gasteiger partial charge < -0.3 is 14.9 Å². The normalized spacial score (nSPS) is 18.1. The summed E-state index contributed by atoms with van der Waals surface area (Å²) in [4.78, 5) is 10.4. The lowest BCUT2D eigenvalue weighted by atomic mass is 10.1. The number of hydrogen-bond acceptors (Lipinski definition) is 5. The van der Waals surface area contributed by atoms with Gasteiger partial charge in [-0.05, 0) is 13.0 Å². The largest absolute Gasteiger partial charge is 0.391 e. The van der Waals surface area contributed by atoms with Crippen molar-refractivity contribution in [2.45, 2.75) is 26.4 Å². The Morgan fingerprint density at radius 1 is 1.29 bits per heavy atom. The summed E-state index contributed by atoms with van der Waals surface area (Å²) in [6.07, 6.45) is 0. The van der Waals surface area contributed by atoms with Crippen LogP contribution in [0.4, 0.5) is 5.13 Å². The summed E-state index contributed by atoms with van der Waals surface area (Å²) in [5.74, 6) is 0.384. The van der Waals surface area contributed by atoms with Crippen molar-refractivity contribution in [1.29, 1.82) is 0 Å². The van der Waals surface area contributed by atoms with Gasteiger partial charge in [0.25, 0.3) is 0 Å². The number of likely N-dealkylation sites (N-methyl/N-ethyl adjacent to an activating group) is 1. The van der Waals surface area contributed by atoms with E-state index in [-0.39, 0.29) is 6.61 Å². The number of aromatic nitrogens is 1. The summed E-state index contributed by atoms with van der Waals surface area (Å²) < 4.78 is 0. The lowest BCUT2D eigenvalue weighted by Gasteiger charge is -2.32. The Kier molecular flexibility index (Phi) is 4.01. The number of aliphatic hydroxyl groups excluding tert-OH is 1. The Balaban J connectivity index is 2.16. The summed E-state index contributed by atoms with van der Waals surface area (Å²) in [7, 11) is 2.15. The van der Waals surface area contributed by atoms with Gasteiger partial charge in [0.2, 0.25) is 0 Å². The van der Waals surface area contributed by atoms with Crippen LogP contribution in [-0.4, -0.2) is 48.2 Å². The van der Waals surface area contributed by atoms with Gasteiger partial charge in [-0.3, -0.25) is 0 Å². The van der Waals surface area contributed by atoms with Crippen molar-refractivity contribution in [2.24, 2.45) is 0 Å². The molecule has 0 saturated carbocycles. The van der Waals surface area contributed by atoms with Crippen molar-refractivity contribution >= 4 is 16.5 Å². The quantitative estimate of drug-likeness (QED) is 0.889. The number of piperazine rings is 1. The maximum atomic E-state index is 9.36. The van der Waals surface area contributed by atoms with Gasteiger partial charge >= 0.3 is 0 Å². The third-order valence-corrected chi connectivity index (χ3v) is 4.30. The zero-order chi connectivity index (χ0) is 12.4. The average Bonchev–Trinajstić information content (AvgIpc) is 2.74. The van der Waals surface area contributed by atoms with E-state index < -0.39 is 0 Å². The van der Waals surface area contributed by atoms with Gasteiger partial charge in [0.15, 0.2) is 5.13 Å². The van der Waals surface area contributed by atoms with Crippen molar-refractivity contribution < 1.29 is 5.11 Å². The second-order valence-electron chi connectivity index (χ2n) is 4.91. The standard InChI is InChI=1S/C12H21N3OS/c1-9(2)11-10(8-16)17-12(13-11)15-6-4-14(3)5-7-15/h9,16H,4-8H2,1-3H3. The zero-order valence-corrected chi connectivity index (χ0v) is 11.6. The predicted octanol–water partition coefficient (Wildman–Crippen LogP) is 1.51. The van der Waals surface area contributed by atoms with E-state index in [2.05, 4.69) is 30.7 Å². The topological polar surface area (TPSA) is 39.6 Å². The van der Waals surface area contributed by atoms with E-state index in [4.69, 9.17) is 4.98 Å². The number of rotatable bonds is 3. The Morgan fingerprint density at radius 2 is 1.94 bits per heavy atom. The fourth-order valence-corrected chi connectivity index (χ4v) is 3.17. The molecule has 2 heterocycles. The molecule has 0 bridgehead atoms. The molecule has 0 radical (unpaired) electrons. The maximum Gasteiger partial charge on any atom is 0.185 e. The fourth-order valence-electron chi connectivity index (χ4n) is 2.05. The molecule has 17 heavy (non-hydrogen) atoms. The van der Waals surface area contributed by atoms with Crippen LogP contribution in [0.25, 0.3) is 0 Å². The molecule has 1 fully saturated rings. The van der Waals surface area contributed by atoms with Gasteiger partial charge in [-0.2, -0.15) is 0 Å². The van der Waals surface area contributed by atoms with E-state index >= 15 is 0 Å². The molecule has 1 aliphatic heterocycles. The second kappa shape index (κ2) is 5.33. The maximum absolute atomic E-state index is 9.36. The summed E-state index contributed by atoms with van der Waals surface area (Å²) in [6.45, 7) is 8.61. The Bertz CT molecular complexity index is 370. The van der Waals surface area contributed by atoms with Crippen LogP contribution in [0, 0.1) is 0 Å². The molecule has 1 aliphatic rings. The van der Waals surface area contributed by atoms with Gasteiger partial charge in [0.05, 0.1) is 17.2 Å². The van der Waals surface area contributed by atoms with Crippen LogP contribution < -0.4 is 4.90 Å². The first-order chi connectivity index (χ1) is 8.11. The van der Waals surface area contributed by atoms with E-state index in [9.17, 15) is 5.11 Å². The van der Waals surface area contributed by atoms with E-state index in [0.29, 0.717) is 5.92 Å². The summed E-state index contributed by atoms with van der Waals surface area (Å²) in [5, 5.41) is 10.4. The lowest BCUT2D eigenvalue weighted by molar-refractivity contribution is 0.283. The minimum absolute atomic E-state index is 0.110. The number of aliphatic hydroxyl groups is 1. The average molecular weight is 255 g/mol. The molecule has 0 aromatic carbocycles. The molecule has 1 aromatic heterocycles. The second-order valence-corrected chi connectivity index (χ2v) is 5.97. The van der Waals surface area contributed by atoms with Crippen molar-refractivity contribution in [3.05, 3.63) is 10.6 Å². The Labute approximate surface area is 107 Å². The van der Waals surface area contributed by atoms with Gasteiger partial charge in [-0.15, -0.1) is 0 Å². The fraction of sp³-hybridized carbons (Fsp3) is 0.750. The van der Waals surface area contributed by atoms with Crippen molar-refractivity contribution in [1.82, 2.24) is 9.88 Å². The summed E-state index contributed by atoms with van der Waals surface area (Å²) >= 11 is 1.64. The first-order valence-electron chi connectivity index (χ1n) is 6.15. The molecular formula is C12H21N3OS. The molecule has 4 nitrogen and oxygen atoms in total. The van der Waals surface area contributed by atoms with Crippen LogP contribution >= 0.6 is 11.3 Å². The first kappa shape index (κ1) is 12.8. The molecule has 1 saturated heterocycles. The number of anilines is 1. The third-order valence-electron chi connectivity index (χ3n) is 3.18. The SMILES string of the molecule is CC(C)c1nc(N2CCN(C)CC2)sc1CO. The zero-order valence-electron chi connectivity index (χ0n) is 10.8. The molecule has 0 spiro atoms. The molecule has 0 atom stereocenters. The minimum Gasteiger partial charge on any atom is -0.391 e. The van der Waals surface area contributed by atoms with Gasteiger partial charge in [0.1, 0.15) is 0 Å². The summed E-state index contributed by atoms with van der Waals surface area (Å²) in [6, 6.07) is 0. The molecule has 96 valence electrons. The highest BCUT2D eigenvalue weighted by molar-refractivity contribution is 7.15. The van der Waals surface area contributed by atoms with Crippen LogP contribution in [0.1, 0.15) is 30.3 Å². The molecule has 2 rings (SSSR count). The third kappa shape index (κ3) is 2.78. The molecule has 5 heteroatoms. The lowest BCUT2D eigenvalue weighted by Crippen LogP contribution is -2.44. The predicted molar refractivity (Wildman–Crippen MR) is 71.8 cm³/mol. The minimum atomic E-state index is 0.110. The van der Waals surface area contributed by atoms with E-state index in [0.717, 1.165) is 41.9 Å². The monoisotopic (exact) mass is 255 g/mol. The molecule has 0 amide bonds. The van der Waals surface area contributed by atoms with Crippen molar-refractivity contribution in [3.63, 3.8) is 0 Å². The first-order valence-corrected chi connectivity index (χ1v) is 6.97. The molecule has 1 N–H and O–H groups in total. The van der Waals surface area contributed by atoms with Crippen LogP contribution in [0.3, 0.4) is 0 Å². The van der Waals surface area contributed by atoms with Gasteiger partial charge in [-0.25, -0.2) is 4.98 Å². The van der Waals surface area contributed by atoms with Gasteiger partial charge in [-0.1, -0.05) is 25.2 Å². The smallest absolute Gasteiger partial charge is 0.185 e. The number of thiazole rings is 1. The van der Waals surface area contributed by atoms with Crippen molar-refractivity contribution in [3.8, 4) is 0 Å². The molecule has 0 aliphatic carbocycles. The number of nitrogens with zero attached hydrogens (tertiary/aromatic N) is 3. The highest BCUT2D eigenvalue weighted by Crippen LogP contribution is 2.31. The van der Waals surface area contributed by atoms with Crippen molar-refractivity contribution in [2.75, 3.05) is 38.1 Å². The van der Waals surface area contributed by atoms with E-state index in [1.807, 2.05) is 0 Å². The van der Waals surface area contributed by atoms with E-state index in [1.165, 1.54) is 0 Å². The number of hydrogen-bond donors (Lipinski definition) is 1. The summed E-state index contributed by atoms with van der Waals surface area (Å²) in [5.41, 5.74) is 1.06. The van der Waals surface area contributed by atoms with Crippen LogP contribution in [0.5, 0.6) is 0 Å². The van der Waals surface area contributed by atoms with E-state index in [1.54, 1.807) is 11.3 Å². The van der Waals surface area contributed by atoms with Crippen LogP contribution in [-0.2, 0) is 6.61 Å². The molecular weight excluding hydrogens is 234 g/mol.